The number of rotatable bonds is 0. The summed E-state index contributed by atoms with van der Waals surface area (Å²) in [6, 6.07) is 27.9. The van der Waals surface area contributed by atoms with Gasteiger partial charge < -0.3 is 40.2 Å². The largest absolute Gasteiger partial charge is 0.491 e. The van der Waals surface area contributed by atoms with Crippen LogP contribution in [0.1, 0.15) is 32.1 Å². The minimum Gasteiger partial charge on any atom is -0.491 e. The van der Waals surface area contributed by atoms with Gasteiger partial charge in [0.05, 0.1) is 36.0 Å². The van der Waals surface area contributed by atoms with Crippen LogP contribution in [0, 0.1) is 0 Å². The Morgan fingerprint density at radius 1 is 0.392 bits per heavy atom. The van der Waals surface area contributed by atoms with Crippen LogP contribution >= 0.6 is 0 Å². The van der Waals surface area contributed by atoms with E-state index in [9.17, 15) is 19.2 Å². The third kappa shape index (κ3) is 11.7. The van der Waals surface area contributed by atoms with Gasteiger partial charge in [-0.05, 0) is 61.4 Å². The zero-order chi connectivity index (χ0) is 35.7. The second kappa shape index (κ2) is 19.0. The number of allylic oxidation sites excluding steroid dienone is 2. The Bertz CT molecular complexity index is 1710. The van der Waals surface area contributed by atoms with Crippen molar-refractivity contribution in [3.8, 4) is 23.0 Å². The van der Waals surface area contributed by atoms with Crippen molar-refractivity contribution >= 4 is 46.4 Å². The van der Waals surface area contributed by atoms with Crippen molar-refractivity contribution in [2.75, 3.05) is 47.7 Å². The van der Waals surface area contributed by atoms with Crippen molar-refractivity contribution in [2.45, 2.75) is 32.1 Å². The molecule has 0 bridgehead atoms. The second-order valence-corrected chi connectivity index (χ2v) is 11.4. The van der Waals surface area contributed by atoms with Gasteiger partial charge in [-0.2, -0.15) is 0 Å². The maximum absolute atomic E-state index is 12.8. The zero-order valence-electron chi connectivity index (χ0n) is 28.0. The molecule has 0 aromatic heterocycles. The van der Waals surface area contributed by atoms with Gasteiger partial charge in [-0.15, -0.1) is 0 Å². The fraction of sp³-hybridized carbons (Fsp3) is 0.231. The Morgan fingerprint density at radius 3 is 1.08 bits per heavy atom. The third-order valence-corrected chi connectivity index (χ3v) is 7.41. The molecule has 12 heteroatoms. The number of hydrogen-bond donors (Lipinski definition) is 4. The first-order valence-corrected chi connectivity index (χ1v) is 16.7. The highest BCUT2D eigenvalue weighted by Gasteiger charge is 2.14. The summed E-state index contributed by atoms with van der Waals surface area (Å²) in [6.07, 6.45) is 5.57. The fourth-order valence-electron chi connectivity index (χ4n) is 4.96. The third-order valence-electron chi connectivity index (χ3n) is 7.41. The molecule has 4 aromatic rings. The fourth-order valence-corrected chi connectivity index (χ4v) is 4.96. The predicted molar refractivity (Wildman–Crippen MR) is 194 cm³/mol. The topological polar surface area (TPSA) is 153 Å². The van der Waals surface area contributed by atoms with E-state index in [0.717, 1.165) is 0 Å². The van der Waals surface area contributed by atoms with E-state index in [-0.39, 0.29) is 37.9 Å². The molecular weight excluding hydrogens is 652 g/mol. The van der Waals surface area contributed by atoms with E-state index in [2.05, 4.69) is 21.3 Å². The van der Waals surface area contributed by atoms with Crippen molar-refractivity contribution in [3.05, 3.63) is 109 Å². The van der Waals surface area contributed by atoms with E-state index in [1.807, 2.05) is 12.2 Å². The molecule has 0 atom stereocenters. The lowest BCUT2D eigenvalue weighted by Crippen LogP contribution is -2.21. The molecule has 264 valence electrons. The summed E-state index contributed by atoms with van der Waals surface area (Å²) in [5, 5.41) is 11.3. The SMILES string of the molecule is O=C1CC/C=C\CCC(=O)Nc2ccccc2OCC(=O)Nc2ccccc2OCCCOc2ccccc2NC(=O)COc2ccccc2N1. The Balaban J connectivity index is 1.26. The maximum Gasteiger partial charge on any atom is 0.262 e. The molecule has 0 saturated carbocycles. The Labute approximate surface area is 296 Å². The first kappa shape index (κ1) is 36.0. The highest BCUT2D eigenvalue weighted by atomic mass is 16.5. The molecule has 0 aliphatic carbocycles. The van der Waals surface area contributed by atoms with Gasteiger partial charge in [0.15, 0.2) is 13.2 Å². The van der Waals surface area contributed by atoms with Crippen LogP contribution in [0.3, 0.4) is 0 Å². The average molecular weight is 693 g/mol. The summed E-state index contributed by atoms with van der Waals surface area (Å²) >= 11 is 0. The first-order valence-electron chi connectivity index (χ1n) is 16.7. The molecule has 4 N–H and O–H groups in total. The smallest absolute Gasteiger partial charge is 0.262 e. The summed E-state index contributed by atoms with van der Waals surface area (Å²) in [5.41, 5.74) is 1.86. The molecule has 0 saturated heterocycles. The number of anilines is 4. The van der Waals surface area contributed by atoms with Crippen LogP contribution in [0.2, 0.25) is 0 Å². The molecule has 5 rings (SSSR count). The first-order chi connectivity index (χ1) is 24.9. The number of nitrogens with one attached hydrogen (secondary N) is 4. The molecule has 1 aliphatic heterocycles. The van der Waals surface area contributed by atoms with Gasteiger partial charge in [0, 0.05) is 19.3 Å². The highest BCUT2D eigenvalue weighted by Crippen LogP contribution is 2.28. The quantitative estimate of drug-likeness (QED) is 0.151. The van der Waals surface area contributed by atoms with E-state index in [4.69, 9.17) is 18.9 Å². The van der Waals surface area contributed by atoms with Gasteiger partial charge in [-0.3, -0.25) is 19.2 Å². The van der Waals surface area contributed by atoms with Crippen LogP contribution in [-0.4, -0.2) is 50.1 Å². The Kier molecular flexibility index (Phi) is 13.4. The molecule has 12 nitrogen and oxygen atoms in total. The van der Waals surface area contributed by atoms with Crippen LogP contribution in [0.4, 0.5) is 22.7 Å². The van der Waals surface area contributed by atoms with Crippen molar-refractivity contribution in [3.63, 3.8) is 0 Å². The average Bonchev–Trinajstić information content (AvgIpc) is 3.13. The lowest BCUT2D eigenvalue weighted by molar-refractivity contribution is -0.118. The Morgan fingerprint density at radius 2 is 0.706 bits per heavy atom. The molecule has 4 aromatic carbocycles. The van der Waals surface area contributed by atoms with Crippen LogP contribution in [0.25, 0.3) is 0 Å². The van der Waals surface area contributed by atoms with Crippen molar-refractivity contribution in [1.82, 2.24) is 0 Å². The van der Waals surface area contributed by atoms with Crippen molar-refractivity contribution in [2.24, 2.45) is 0 Å². The standard InChI is InChI=1S/C39H40N4O8/c44-36-22-3-1-2-4-23-37(45)41-31-17-8-12-21-35(31)51-27-39(47)43-29-15-6-10-19-33(29)49-25-13-24-48-32-18-9-5-14-28(32)42-38(46)26-50-34-20-11-7-16-30(34)40-36/h1-2,5-12,14-21H,3-4,13,22-27H2,(H,40,44)(H,41,45)(H,42,46)(H,43,47)/b2-1-. The van der Waals surface area contributed by atoms with Crippen LogP contribution in [-0.2, 0) is 19.2 Å². The summed E-state index contributed by atoms with van der Waals surface area (Å²) in [4.78, 5) is 51.0. The van der Waals surface area contributed by atoms with Crippen LogP contribution in [0.5, 0.6) is 23.0 Å². The summed E-state index contributed by atoms with van der Waals surface area (Å²) in [6.45, 7) is 0.00713. The molecule has 1 aliphatic rings. The molecular formula is C39H40N4O8. The molecule has 0 spiro atoms. The molecule has 0 unspecified atom stereocenters. The number of amides is 4. The number of hydrogen-bond acceptors (Lipinski definition) is 8. The van der Waals surface area contributed by atoms with Crippen LogP contribution < -0.4 is 40.2 Å². The normalized spacial score (nSPS) is 16.3. The van der Waals surface area contributed by atoms with E-state index in [0.29, 0.717) is 78.2 Å². The molecule has 4 amide bonds. The second-order valence-electron chi connectivity index (χ2n) is 11.4. The van der Waals surface area contributed by atoms with Crippen LogP contribution in [0.15, 0.2) is 109 Å². The summed E-state index contributed by atoms with van der Waals surface area (Å²) < 4.78 is 23.4. The number of fused-ring (bicyclic) bond motifs is 4. The monoisotopic (exact) mass is 692 g/mol. The number of ether oxygens (including phenoxy) is 4. The van der Waals surface area contributed by atoms with Crippen molar-refractivity contribution < 1.29 is 38.1 Å². The minimum absolute atomic E-state index is 0.213. The van der Waals surface area contributed by atoms with Gasteiger partial charge in [-0.25, -0.2) is 0 Å². The van der Waals surface area contributed by atoms with E-state index in [1.165, 1.54) is 0 Å². The van der Waals surface area contributed by atoms with Gasteiger partial charge in [0.2, 0.25) is 11.8 Å². The molecule has 51 heavy (non-hydrogen) atoms. The maximum atomic E-state index is 12.8. The Hall–Kier alpha value is -6.30. The number of benzene rings is 4. The number of para-hydroxylation sites is 8. The summed E-state index contributed by atoms with van der Waals surface area (Å²) in [5.74, 6) is 0.424. The number of carbonyl (C=O) groups is 4. The van der Waals surface area contributed by atoms with Gasteiger partial charge >= 0.3 is 0 Å². The lowest BCUT2D eigenvalue weighted by Gasteiger charge is -2.15. The van der Waals surface area contributed by atoms with Gasteiger partial charge in [0.1, 0.15) is 23.0 Å². The molecule has 1 heterocycles. The summed E-state index contributed by atoms with van der Waals surface area (Å²) in [7, 11) is 0. The van der Waals surface area contributed by atoms with Gasteiger partial charge in [0.25, 0.3) is 11.8 Å². The van der Waals surface area contributed by atoms with Crippen molar-refractivity contribution in [1.29, 1.82) is 0 Å². The van der Waals surface area contributed by atoms with E-state index < -0.39 is 11.8 Å². The lowest BCUT2D eigenvalue weighted by atomic mass is 10.2. The van der Waals surface area contributed by atoms with E-state index in [1.54, 1.807) is 97.1 Å². The molecule has 0 fully saturated rings. The predicted octanol–water partition coefficient (Wildman–Crippen LogP) is 6.58. The minimum atomic E-state index is -0.405. The van der Waals surface area contributed by atoms with E-state index >= 15 is 0 Å². The zero-order valence-corrected chi connectivity index (χ0v) is 28.0. The highest BCUT2D eigenvalue weighted by molar-refractivity contribution is 5.95. The number of carbonyl (C=O) groups excluding carboxylic acids is 4. The molecule has 0 radical (unpaired) electrons. The van der Waals surface area contributed by atoms with Gasteiger partial charge in [-0.1, -0.05) is 60.7 Å².